The fourth-order valence-corrected chi connectivity index (χ4v) is 2.48. The van der Waals surface area contributed by atoms with E-state index >= 15 is 0 Å². The van der Waals surface area contributed by atoms with Crippen LogP contribution in [0.2, 0.25) is 0 Å². The predicted molar refractivity (Wildman–Crippen MR) is 91.9 cm³/mol. The van der Waals surface area contributed by atoms with Gasteiger partial charge in [-0.1, -0.05) is 35.9 Å². The summed E-state index contributed by atoms with van der Waals surface area (Å²) in [5, 5.41) is 6.21. The number of benzene rings is 2. The van der Waals surface area contributed by atoms with Gasteiger partial charge in [0.05, 0.1) is 0 Å². The second-order valence-corrected chi connectivity index (χ2v) is 5.88. The summed E-state index contributed by atoms with van der Waals surface area (Å²) in [6, 6.07) is 14.0. The number of rotatable bonds is 7. The Balaban J connectivity index is 1.34. The van der Waals surface area contributed by atoms with Crippen molar-refractivity contribution in [3.05, 3.63) is 59.2 Å². The van der Waals surface area contributed by atoms with Gasteiger partial charge in [0, 0.05) is 26.1 Å². The van der Waals surface area contributed by atoms with Gasteiger partial charge in [-0.2, -0.15) is 0 Å². The van der Waals surface area contributed by atoms with Gasteiger partial charge in [-0.25, -0.2) is 0 Å². The molecule has 1 amide bonds. The number of hydrogen-bond acceptors (Lipinski definition) is 4. The van der Waals surface area contributed by atoms with Crippen molar-refractivity contribution in [3.8, 4) is 11.5 Å². The van der Waals surface area contributed by atoms with E-state index < -0.39 is 0 Å². The lowest BCUT2D eigenvalue weighted by Gasteiger charge is -2.07. The summed E-state index contributed by atoms with van der Waals surface area (Å²) < 4.78 is 10.6. The molecule has 2 aromatic rings. The number of hydrogen-bond donors (Lipinski definition) is 2. The lowest BCUT2D eigenvalue weighted by molar-refractivity contribution is -0.121. The molecule has 0 saturated heterocycles. The summed E-state index contributed by atoms with van der Waals surface area (Å²) in [6.07, 6.45) is 0.455. The van der Waals surface area contributed by atoms with Crippen molar-refractivity contribution >= 4 is 5.91 Å². The van der Waals surface area contributed by atoms with Gasteiger partial charge in [0.15, 0.2) is 11.5 Å². The Kier molecular flexibility index (Phi) is 5.33. The zero-order valence-electron chi connectivity index (χ0n) is 13.8. The van der Waals surface area contributed by atoms with Gasteiger partial charge < -0.3 is 20.1 Å². The highest BCUT2D eigenvalue weighted by molar-refractivity contribution is 5.76. The molecule has 0 bridgehead atoms. The molecule has 2 aromatic carbocycles. The lowest BCUT2D eigenvalue weighted by atomic mass is 10.1. The highest BCUT2D eigenvalue weighted by Gasteiger charge is 2.12. The number of fused-ring (bicyclic) bond motifs is 1. The Morgan fingerprint density at radius 1 is 1.00 bits per heavy atom. The topological polar surface area (TPSA) is 59.6 Å². The summed E-state index contributed by atoms with van der Waals surface area (Å²) in [5.41, 5.74) is 3.44. The van der Waals surface area contributed by atoms with Crippen LogP contribution in [0.4, 0.5) is 0 Å². The summed E-state index contributed by atoms with van der Waals surface area (Å²) in [6.45, 7) is 4.23. The van der Waals surface area contributed by atoms with E-state index in [9.17, 15) is 4.79 Å². The molecule has 2 N–H and O–H groups in total. The van der Waals surface area contributed by atoms with Crippen LogP contribution in [-0.4, -0.2) is 19.2 Å². The van der Waals surface area contributed by atoms with Gasteiger partial charge in [0.1, 0.15) is 0 Å². The molecular weight excluding hydrogens is 304 g/mol. The molecule has 1 heterocycles. The maximum atomic E-state index is 11.9. The quantitative estimate of drug-likeness (QED) is 0.768. The number of ether oxygens (including phenoxy) is 2. The van der Waals surface area contributed by atoms with Gasteiger partial charge in [-0.05, 0) is 30.2 Å². The fraction of sp³-hybridized carbons (Fsp3) is 0.316. The molecule has 3 rings (SSSR count). The Labute approximate surface area is 142 Å². The van der Waals surface area contributed by atoms with Crippen LogP contribution < -0.4 is 20.1 Å². The lowest BCUT2D eigenvalue weighted by Crippen LogP contribution is -2.27. The third-order valence-electron chi connectivity index (χ3n) is 3.91. The smallest absolute Gasteiger partial charge is 0.231 e. The standard InChI is InChI=1S/C19H22N2O3/c1-14-2-4-15(5-3-14)12-21-19(22)8-9-20-11-16-6-7-17-18(10-16)24-13-23-17/h2-7,10,20H,8-9,11-13H2,1H3,(H,21,22). The first kappa shape index (κ1) is 16.3. The number of carbonyl (C=O) groups is 1. The molecule has 0 radical (unpaired) electrons. The normalized spacial score (nSPS) is 12.2. The van der Waals surface area contributed by atoms with Gasteiger partial charge in [0.2, 0.25) is 12.7 Å². The zero-order valence-corrected chi connectivity index (χ0v) is 13.8. The third kappa shape index (κ3) is 4.49. The van der Waals surface area contributed by atoms with E-state index in [1.807, 2.05) is 37.3 Å². The molecule has 0 unspecified atom stereocenters. The first-order chi connectivity index (χ1) is 11.7. The molecule has 0 fully saturated rings. The van der Waals surface area contributed by atoms with Gasteiger partial charge >= 0.3 is 0 Å². The molecule has 0 spiro atoms. The monoisotopic (exact) mass is 326 g/mol. The van der Waals surface area contributed by atoms with Crippen LogP contribution in [-0.2, 0) is 17.9 Å². The van der Waals surface area contributed by atoms with Crippen molar-refractivity contribution in [3.63, 3.8) is 0 Å². The van der Waals surface area contributed by atoms with E-state index in [1.165, 1.54) is 5.56 Å². The molecule has 126 valence electrons. The molecule has 0 saturated carbocycles. The average Bonchev–Trinajstić information content (AvgIpc) is 3.06. The molecule has 24 heavy (non-hydrogen) atoms. The summed E-state index contributed by atoms with van der Waals surface area (Å²) in [7, 11) is 0. The van der Waals surface area contributed by atoms with Crippen LogP contribution in [0.15, 0.2) is 42.5 Å². The predicted octanol–water partition coefficient (Wildman–Crippen LogP) is 2.52. The van der Waals surface area contributed by atoms with E-state index in [2.05, 4.69) is 22.8 Å². The van der Waals surface area contributed by atoms with Crippen molar-refractivity contribution in [2.24, 2.45) is 0 Å². The summed E-state index contributed by atoms with van der Waals surface area (Å²) in [5.74, 6) is 1.62. The van der Waals surface area contributed by atoms with E-state index in [4.69, 9.17) is 9.47 Å². The van der Waals surface area contributed by atoms with Crippen molar-refractivity contribution in [2.75, 3.05) is 13.3 Å². The molecule has 0 aromatic heterocycles. The number of aryl methyl sites for hydroxylation is 1. The van der Waals surface area contributed by atoms with Crippen LogP contribution in [0.3, 0.4) is 0 Å². The van der Waals surface area contributed by atoms with Crippen LogP contribution >= 0.6 is 0 Å². The van der Waals surface area contributed by atoms with Gasteiger partial charge in [0.25, 0.3) is 0 Å². The van der Waals surface area contributed by atoms with Crippen molar-refractivity contribution in [2.45, 2.75) is 26.4 Å². The van der Waals surface area contributed by atoms with E-state index in [0.717, 1.165) is 22.6 Å². The van der Waals surface area contributed by atoms with E-state index in [1.54, 1.807) is 0 Å². The second kappa shape index (κ2) is 7.84. The maximum Gasteiger partial charge on any atom is 0.231 e. The fourth-order valence-electron chi connectivity index (χ4n) is 2.48. The third-order valence-corrected chi connectivity index (χ3v) is 3.91. The zero-order chi connectivity index (χ0) is 16.8. The minimum absolute atomic E-state index is 0.0498. The Morgan fingerprint density at radius 2 is 1.75 bits per heavy atom. The van der Waals surface area contributed by atoms with Crippen molar-refractivity contribution in [1.82, 2.24) is 10.6 Å². The summed E-state index contributed by atoms with van der Waals surface area (Å²) in [4.78, 5) is 11.9. The van der Waals surface area contributed by atoms with Crippen molar-refractivity contribution < 1.29 is 14.3 Å². The van der Waals surface area contributed by atoms with Gasteiger partial charge in [-0.3, -0.25) is 4.79 Å². The molecule has 0 aliphatic carbocycles. The number of carbonyl (C=O) groups excluding carboxylic acids is 1. The number of amides is 1. The van der Waals surface area contributed by atoms with Gasteiger partial charge in [-0.15, -0.1) is 0 Å². The molecule has 0 atom stereocenters. The van der Waals surface area contributed by atoms with E-state index in [-0.39, 0.29) is 12.7 Å². The number of nitrogens with one attached hydrogen (secondary N) is 2. The van der Waals surface area contributed by atoms with E-state index in [0.29, 0.717) is 26.1 Å². The van der Waals surface area contributed by atoms with Crippen LogP contribution in [0.5, 0.6) is 11.5 Å². The molecule has 5 heteroatoms. The Hall–Kier alpha value is -2.53. The van der Waals surface area contributed by atoms with Crippen molar-refractivity contribution in [1.29, 1.82) is 0 Å². The largest absolute Gasteiger partial charge is 0.454 e. The maximum absolute atomic E-state index is 11.9. The molecular formula is C19H22N2O3. The van der Waals surface area contributed by atoms with Crippen LogP contribution in [0, 0.1) is 6.92 Å². The second-order valence-electron chi connectivity index (χ2n) is 5.88. The minimum atomic E-state index is 0.0498. The molecule has 1 aliphatic heterocycles. The Morgan fingerprint density at radius 3 is 2.58 bits per heavy atom. The summed E-state index contributed by atoms with van der Waals surface area (Å²) >= 11 is 0. The first-order valence-electron chi connectivity index (χ1n) is 8.12. The Bertz CT molecular complexity index is 698. The SMILES string of the molecule is Cc1ccc(CNC(=O)CCNCc2ccc3c(c2)OCO3)cc1. The first-order valence-corrected chi connectivity index (χ1v) is 8.12. The molecule has 5 nitrogen and oxygen atoms in total. The average molecular weight is 326 g/mol. The minimum Gasteiger partial charge on any atom is -0.454 e. The van der Waals surface area contributed by atoms with Crippen LogP contribution in [0.25, 0.3) is 0 Å². The molecule has 1 aliphatic rings. The highest BCUT2D eigenvalue weighted by atomic mass is 16.7. The van der Waals surface area contributed by atoms with Crippen LogP contribution in [0.1, 0.15) is 23.1 Å². The highest BCUT2D eigenvalue weighted by Crippen LogP contribution is 2.32.